The summed E-state index contributed by atoms with van der Waals surface area (Å²) in [4.78, 5) is 0. The zero-order chi connectivity index (χ0) is 10.6. The molecule has 0 heterocycles. The summed E-state index contributed by atoms with van der Waals surface area (Å²) < 4.78 is 35.6. The molecule has 0 unspecified atom stereocenters. The van der Waals surface area contributed by atoms with Crippen molar-refractivity contribution in [1.29, 1.82) is 0 Å². The third-order valence-electron chi connectivity index (χ3n) is 1.64. The summed E-state index contributed by atoms with van der Waals surface area (Å²) in [5.41, 5.74) is 1.04. The van der Waals surface area contributed by atoms with Crippen LogP contribution in [0.4, 0.5) is 12.9 Å². The average molecular weight is 201 g/mol. The lowest BCUT2D eigenvalue weighted by molar-refractivity contribution is 0.282. The monoisotopic (exact) mass is 201 g/mol. The lowest BCUT2D eigenvalue weighted by atomic mass is 9.90. The second kappa shape index (κ2) is 4.33. The molecule has 0 spiro atoms. The Hall–Kier alpha value is -1.23. The fourth-order valence-corrected chi connectivity index (χ4v) is 1.02. The van der Waals surface area contributed by atoms with E-state index in [4.69, 9.17) is 5.11 Å². The van der Waals surface area contributed by atoms with Gasteiger partial charge in [-0.1, -0.05) is 24.3 Å². The summed E-state index contributed by atoms with van der Waals surface area (Å²) in [7, 11) is 0. The topological polar surface area (TPSA) is 20.2 Å². The summed E-state index contributed by atoms with van der Waals surface area (Å²) >= 11 is 0. The molecule has 14 heavy (non-hydrogen) atoms. The van der Waals surface area contributed by atoms with Crippen LogP contribution in [-0.4, -0.2) is 12.1 Å². The Labute approximate surface area is 79.9 Å². The van der Waals surface area contributed by atoms with Crippen LogP contribution in [0.25, 0.3) is 6.08 Å². The van der Waals surface area contributed by atoms with Crippen molar-refractivity contribution in [2.45, 2.75) is 6.61 Å². The Kier molecular flexibility index (Phi) is 3.35. The van der Waals surface area contributed by atoms with Crippen LogP contribution in [-0.2, 0) is 6.61 Å². The SMILES string of the molecule is OCc1cccc(/C=C/[B-](F)(F)F)c1. The highest BCUT2D eigenvalue weighted by atomic mass is 19.4. The van der Waals surface area contributed by atoms with E-state index in [1.807, 2.05) is 0 Å². The van der Waals surface area contributed by atoms with Crippen molar-refractivity contribution in [2.75, 3.05) is 0 Å². The molecule has 0 aromatic heterocycles. The first-order valence-corrected chi connectivity index (χ1v) is 4.10. The summed E-state index contributed by atoms with van der Waals surface area (Å²) in [5, 5.41) is 8.75. The first kappa shape index (κ1) is 10.9. The summed E-state index contributed by atoms with van der Waals surface area (Å²) in [5.74, 6) is 0.233. The van der Waals surface area contributed by atoms with Crippen molar-refractivity contribution >= 4 is 13.1 Å². The molecular weight excluding hydrogens is 192 g/mol. The van der Waals surface area contributed by atoms with Gasteiger partial charge in [0.15, 0.2) is 0 Å². The number of halogens is 3. The van der Waals surface area contributed by atoms with E-state index in [1.165, 1.54) is 6.07 Å². The smallest absolute Gasteiger partial charge is 0.445 e. The van der Waals surface area contributed by atoms with Gasteiger partial charge in [0.25, 0.3) is 0 Å². The molecular formula is C9H9BF3O-. The summed E-state index contributed by atoms with van der Waals surface area (Å²) in [6.45, 7) is -5.06. The van der Waals surface area contributed by atoms with Gasteiger partial charge >= 0.3 is 6.98 Å². The average Bonchev–Trinajstić information content (AvgIpc) is 2.14. The molecule has 0 bridgehead atoms. The first-order chi connectivity index (χ1) is 6.51. The highest BCUT2D eigenvalue weighted by Gasteiger charge is 2.16. The Morgan fingerprint density at radius 1 is 1.29 bits per heavy atom. The van der Waals surface area contributed by atoms with Gasteiger partial charge in [-0.3, -0.25) is 0 Å². The van der Waals surface area contributed by atoms with Crippen LogP contribution in [0, 0.1) is 0 Å². The van der Waals surface area contributed by atoms with Crippen LogP contribution in [0.15, 0.2) is 30.2 Å². The van der Waals surface area contributed by atoms with Gasteiger partial charge in [0.05, 0.1) is 6.61 Å². The first-order valence-electron chi connectivity index (χ1n) is 4.10. The molecule has 5 heteroatoms. The van der Waals surface area contributed by atoms with Crippen LogP contribution < -0.4 is 0 Å². The van der Waals surface area contributed by atoms with Crippen LogP contribution in [0.2, 0.25) is 0 Å². The predicted molar refractivity (Wildman–Crippen MR) is 50.5 cm³/mol. The second-order valence-corrected chi connectivity index (χ2v) is 2.89. The Morgan fingerprint density at radius 3 is 2.57 bits per heavy atom. The standard InChI is InChI=1S/C9H9BF3O/c11-10(12,13)5-4-8-2-1-3-9(6-8)7-14/h1-6,14H,7H2/q-1/b5-4+. The molecule has 0 amide bonds. The Bertz CT molecular complexity index is 333. The van der Waals surface area contributed by atoms with Gasteiger partial charge in [-0.15, -0.1) is 5.98 Å². The van der Waals surface area contributed by atoms with Gasteiger partial charge in [-0.25, -0.2) is 0 Å². The molecule has 76 valence electrons. The van der Waals surface area contributed by atoms with Crippen LogP contribution in [0.5, 0.6) is 0 Å². The number of rotatable bonds is 3. The van der Waals surface area contributed by atoms with Crippen molar-refractivity contribution in [3.8, 4) is 0 Å². The highest BCUT2D eigenvalue weighted by Crippen LogP contribution is 2.13. The molecule has 0 radical (unpaired) electrons. The number of aliphatic hydroxyl groups excluding tert-OH is 1. The lowest BCUT2D eigenvalue weighted by Crippen LogP contribution is -2.09. The Balaban J connectivity index is 2.82. The molecule has 0 atom stereocenters. The number of hydrogen-bond donors (Lipinski definition) is 1. The predicted octanol–water partition coefficient (Wildman–Crippen LogP) is 2.58. The van der Waals surface area contributed by atoms with Gasteiger partial charge in [0, 0.05) is 0 Å². The van der Waals surface area contributed by atoms with E-state index in [0.717, 1.165) is 6.08 Å². The third-order valence-corrected chi connectivity index (χ3v) is 1.64. The molecule has 0 aliphatic carbocycles. The molecule has 0 fully saturated rings. The van der Waals surface area contributed by atoms with Crippen molar-refractivity contribution in [3.05, 3.63) is 41.4 Å². The molecule has 1 aromatic rings. The van der Waals surface area contributed by atoms with Crippen LogP contribution >= 0.6 is 0 Å². The fraction of sp³-hybridized carbons (Fsp3) is 0.111. The van der Waals surface area contributed by atoms with E-state index >= 15 is 0 Å². The number of aliphatic hydroxyl groups is 1. The zero-order valence-electron chi connectivity index (χ0n) is 7.33. The third kappa shape index (κ3) is 3.66. The highest BCUT2D eigenvalue weighted by molar-refractivity contribution is 6.64. The fourth-order valence-electron chi connectivity index (χ4n) is 1.02. The molecule has 1 aromatic carbocycles. The van der Waals surface area contributed by atoms with Crippen LogP contribution in [0.3, 0.4) is 0 Å². The van der Waals surface area contributed by atoms with E-state index in [0.29, 0.717) is 11.1 Å². The molecule has 1 N–H and O–H groups in total. The van der Waals surface area contributed by atoms with Gasteiger partial charge in [0.1, 0.15) is 0 Å². The molecule has 1 nitrogen and oxygen atoms in total. The van der Waals surface area contributed by atoms with Gasteiger partial charge in [-0.05, 0) is 17.2 Å². The van der Waals surface area contributed by atoms with Crippen molar-refractivity contribution in [1.82, 2.24) is 0 Å². The van der Waals surface area contributed by atoms with E-state index < -0.39 is 6.98 Å². The van der Waals surface area contributed by atoms with Gasteiger partial charge < -0.3 is 18.1 Å². The molecule has 1 rings (SSSR count). The van der Waals surface area contributed by atoms with E-state index in [2.05, 4.69) is 0 Å². The largest absolute Gasteiger partial charge is 0.502 e. The maximum Gasteiger partial charge on any atom is 0.502 e. The molecule has 0 saturated carbocycles. The quantitative estimate of drug-likeness (QED) is 0.745. The van der Waals surface area contributed by atoms with Crippen molar-refractivity contribution in [3.63, 3.8) is 0 Å². The maximum atomic E-state index is 11.9. The Morgan fingerprint density at radius 2 is 2.00 bits per heavy atom. The molecule has 0 saturated heterocycles. The van der Waals surface area contributed by atoms with Crippen LogP contribution in [0.1, 0.15) is 11.1 Å². The minimum atomic E-state index is -4.89. The van der Waals surface area contributed by atoms with Gasteiger partial charge in [-0.2, -0.15) is 0 Å². The molecule has 0 aliphatic rings. The summed E-state index contributed by atoms with van der Waals surface area (Å²) in [6, 6.07) is 6.32. The lowest BCUT2D eigenvalue weighted by Gasteiger charge is -2.06. The van der Waals surface area contributed by atoms with Gasteiger partial charge in [0.2, 0.25) is 0 Å². The van der Waals surface area contributed by atoms with E-state index in [9.17, 15) is 12.9 Å². The molecule has 0 aliphatic heterocycles. The number of hydrogen-bond acceptors (Lipinski definition) is 1. The number of benzene rings is 1. The van der Waals surface area contributed by atoms with Crippen molar-refractivity contribution < 1.29 is 18.1 Å². The van der Waals surface area contributed by atoms with Crippen molar-refractivity contribution in [2.24, 2.45) is 0 Å². The minimum Gasteiger partial charge on any atom is -0.445 e. The minimum absolute atomic E-state index is 0.168. The second-order valence-electron chi connectivity index (χ2n) is 2.89. The van der Waals surface area contributed by atoms with E-state index in [-0.39, 0.29) is 12.6 Å². The normalized spacial score (nSPS) is 12.3. The van der Waals surface area contributed by atoms with E-state index in [1.54, 1.807) is 18.2 Å². The maximum absolute atomic E-state index is 11.9. The zero-order valence-corrected chi connectivity index (χ0v) is 7.33. The summed E-state index contributed by atoms with van der Waals surface area (Å²) in [6.07, 6.45) is 0.999.